The minimum Gasteiger partial charge on any atom is -0.378 e. The van der Waals surface area contributed by atoms with E-state index < -0.39 is 0 Å². The van der Waals surface area contributed by atoms with E-state index in [1.165, 1.54) is 0 Å². The summed E-state index contributed by atoms with van der Waals surface area (Å²) in [4.78, 5) is 14.6. The lowest BCUT2D eigenvalue weighted by atomic mass is 10.1. The highest BCUT2D eigenvalue weighted by molar-refractivity contribution is 5.98. The van der Waals surface area contributed by atoms with Crippen LogP contribution in [-0.2, 0) is 4.74 Å². The van der Waals surface area contributed by atoms with Gasteiger partial charge in [0.25, 0.3) is 0 Å². The van der Waals surface area contributed by atoms with E-state index in [9.17, 15) is 4.79 Å². The lowest BCUT2D eigenvalue weighted by Crippen LogP contribution is -2.46. The highest BCUT2D eigenvalue weighted by Gasteiger charge is 2.22. The van der Waals surface area contributed by atoms with Crippen molar-refractivity contribution >= 4 is 5.78 Å². The van der Waals surface area contributed by atoms with Crippen molar-refractivity contribution in [1.29, 1.82) is 0 Å². The number of aromatic nitrogens is 1. The molecule has 0 saturated carbocycles. The summed E-state index contributed by atoms with van der Waals surface area (Å²) in [6, 6.07) is 3.41. The van der Waals surface area contributed by atoms with Crippen molar-refractivity contribution in [3.63, 3.8) is 0 Å². The number of aromatic amines is 1. The highest BCUT2D eigenvalue weighted by Crippen LogP contribution is 2.03. The second-order valence-electron chi connectivity index (χ2n) is 3.03. The molecule has 1 saturated heterocycles. The molecule has 0 amide bonds. The lowest BCUT2D eigenvalue weighted by molar-refractivity contribution is 0.0604. The van der Waals surface area contributed by atoms with Crippen LogP contribution in [0.3, 0.4) is 0 Å². The topological polar surface area (TPSA) is 54.1 Å². The number of ether oxygens (including phenoxy) is 1. The highest BCUT2D eigenvalue weighted by atomic mass is 16.5. The summed E-state index contributed by atoms with van der Waals surface area (Å²) >= 11 is 0. The van der Waals surface area contributed by atoms with Crippen LogP contribution in [0.4, 0.5) is 0 Å². The molecule has 1 atom stereocenters. The maximum absolute atomic E-state index is 11.7. The van der Waals surface area contributed by atoms with Crippen LogP contribution in [0.5, 0.6) is 0 Å². The maximum atomic E-state index is 11.7. The van der Waals surface area contributed by atoms with E-state index in [-0.39, 0.29) is 11.8 Å². The Morgan fingerprint density at radius 3 is 3.15 bits per heavy atom. The second kappa shape index (κ2) is 3.72. The van der Waals surface area contributed by atoms with E-state index >= 15 is 0 Å². The molecule has 1 aromatic heterocycles. The van der Waals surface area contributed by atoms with Crippen molar-refractivity contribution in [3.8, 4) is 0 Å². The van der Waals surface area contributed by atoms with E-state index in [4.69, 9.17) is 4.74 Å². The smallest absolute Gasteiger partial charge is 0.198 e. The average molecular weight is 180 g/mol. The average Bonchev–Trinajstić information content (AvgIpc) is 2.71. The summed E-state index contributed by atoms with van der Waals surface area (Å²) in [6.45, 7) is 1.91. The number of carbonyl (C=O) groups is 1. The van der Waals surface area contributed by atoms with Crippen molar-refractivity contribution < 1.29 is 9.53 Å². The molecular weight excluding hydrogens is 168 g/mol. The van der Waals surface area contributed by atoms with Gasteiger partial charge in [-0.1, -0.05) is 0 Å². The first-order valence-electron chi connectivity index (χ1n) is 4.36. The zero-order valence-electron chi connectivity index (χ0n) is 7.25. The van der Waals surface area contributed by atoms with Crippen LogP contribution in [0.25, 0.3) is 0 Å². The van der Waals surface area contributed by atoms with Gasteiger partial charge in [0.05, 0.1) is 24.9 Å². The van der Waals surface area contributed by atoms with Crippen molar-refractivity contribution in [2.45, 2.75) is 6.04 Å². The summed E-state index contributed by atoms with van der Waals surface area (Å²) in [6.07, 6.45) is 1.75. The Labute approximate surface area is 76.3 Å². The molecule has 0 radical (unpaired) electrons. The first-order valence-corrected chi connectivity index (χ1v) is 4.36. The van der Waals surface area contributed by atoms with E-state index in [1.54, 1.807) is 12.3 Å². The zero-order valence-corrected chi connectivity index (χ0v) is 7.25. The summed E-state index contributed by atoms with van der Waals surface area (Å²) in [5, 5.41) is 3.11. The van der Waals surface area contributed by atoms with Gasteiger partial charge < -0.3 is 15.0 Å². The third kappa shape index (κ3) is 1.79. The van der Waals surface area contributed by atoms with Crippen LogP contribution in [-0.4, -0.2) is 36.6 Å². The van der Waals surface area contributed by atoms with Crippen LogP contribution < -0.4 is 5.32 Å². The standard InChI is InChI=1S/C9H12N2O2/c12-9(7-2-1-3-10-7)8-6-13-5-4-11-8/h1-3,8,10-11H,4-6H2. The van der Waals surface area contributed by atoms with Gasteiger partial charge in [0.1, 0.15) is 0 Å². The SMILES string of the molecule is O=C(c1ccc[nH]1)C1COCCN1. The molecule has 1 aliphatic heterocycles. The fourth-order valence-electron chi connectivity index (χ4n) is 1.41. The normalized spacial score (nSPS) is 22.9. The maximum Gasteiger partial charge on any atom is 0.198 e. The van der Waals surface area contributed by atoms with Gasteiger partial charge in [0.2, 0.25) is 0 Å². The van der Waals surface area contributed by atoms with Crippen LogP contribution >= 0.6 is 0 Å². The van der Waals surface area contributed by atoms with Gasteiger partial charge in [-0.3, -0.25) is 4.79 Å². The van der Waals surface area contributed by atoms with Gasteiger partial charge in [-0.15, -0.1) is 0 Å². The third-order valence-corrected chi connectivity index (χ3v) is 2.10. The molecule has 1 fully saturated rings. The first kappa shape index (κ1) is 8.47. The minimum atomic E-state index is -0.188. The predicted octanol–water partition coefficient (Wildman–Crippen LogP) is 0.186. The molecule has 0 bridgehead atoms. The summed E-state index contributed by atoms with van der Waals surface area (Å²) in [7, 11) is 0. The Kier molecular flexibility index (Phi) is 2.42. The Balaban J connectivity index is 2.04. The minimum absolute atomic E-state index is 0.0738. The van der Waals surface area contributed by atoms with Crippen molar-refractivity contribution in [3.05, 3.63) is 24.0 Å². The molecule has 0 aliphatic carbocycles. The molecule has 0 spiro atoms. The number of hydrogen-bond donors (Lipinski definition) is 2. The molecule has 4 heteroatoms. The van der Waals surface area contributed by atoms with E-state index in [0.29, 0.717) is 18.9 Å². The molecule has 1 aromatic rings. The zero-order chi connectivity index (χ0) is 9.10. The Morgan fingerprint density at radius 2 is 2.54 bits per heavy atom. The molecule has 2 N–H and O–H groups in total. The molecule has 2 rings (SSSR count). The molecule has 2 heterocycles. The second-order valence-corrected chi connectivity index (χ2v) is 3.03. The predicted molar refractivity (Wildman–Crippen MR) is 47.7 cm³/mol. The number of carbonyl (C=O) groups excluding carboxylic acids is 1. The van der Waals surface area contributed by atoms with Gasteiger partial charge >= 0.3 is 0 Å². The number of morpholine rings is 1. The molecule has 1 unspecified atom stereocenters. The number of hydrogen-bond acceptors (Lipinski definition) is 3. The monoisotopic (exact) mass is 180 g/mol. The molecule has 70 valence electrons. The summed E-state index contributed by atoms with van der Waals surface area (Å²) < 4.78 is 5.20. The van der Waals surface area contributed by atoms with Crippen molar-refractivity contribution in [1.82, 2.24) is 10.3 Å². The molecule has 4 nitrogen and oxygen atoms in total. The fraction of sp³-hybridized carbons (Fsp3) is 0.444. The van der Waals surface area contributed by atoms with Gasteiger partial charge in [0, 0.05) is 12.7 Å². The van der Waals surface area contributed by atoms with Gasteiger partial charge in [-0.25, -0.2) is 0 Å². The van der Waals surface area contributed by atoms with E-state index in [1.807, 2.05) is 6.07 Å². The Morgan fingerprint density at radius 1 is 1.62 bits per heavy atom. The van der Waals surface area contributed by atoms with Crippen LogP contribution in [0, 0.1) is 0 Å². The van der Waals surface area contributed by atoms with E-state index in [2.05, 4.69) is 10.3 Å². The Bertz CT molecular complexity index is 276. The van der Waals surface area contributed by atoms with Gasteiger partial charge in [-0.2, -0.15) is 0 Å². The van der Waals surface area contributed by atoms with Crippen molar-refractivity contribution in [2.24, 2.45) is 0 Å². The number of Topliss-reactive ketones (excluding diaryl/α,β-unsaturated/α-hetero) is 1. The summed E-state index contributed by atoms with van der Waals surface area (Å²) in [5.41, 5.74) is 0.642. The van der Waals surface area contributed by atoms with E-state index in [0.717, 1.165) is 6.54 Å². The molecule has 0 aromatic carbocycles. The van der Waals surface area contributed by atoms with Crippen LogP contribution in [0.15, 0.2) is 18.3 Å². The quantitative estimate of drug-likeness (QED) is 0.639. The van der Waals surface area contributed by atoms with Gasteiger partial charge in [-0.05, 0) is 12.1 Å². The molecular formula is C9H12N2O2. The first-order chi connectivity index (χ1) is 6.38. The molecule has 13 heavy (non-hydrogen) atoms. The number of ketones is 1. The summed E-state index contributed by atoms with van der Waals surface area (Å²) in [5.74, 6) is 0.0738. The fourth-order valence-corrected chi connectivity index (χ4v) is 1.41. The van der Waals surface area contributed by atoms with Crippen molar-refractivity contribution in [2.75, 3.05) is 19.8 Å². The lowest BCUT2D eigenvalue weighted by Gasteiger charge is -2.21. The van der Waals surface area contributed by atoms with Crippen LogP contribution in [0.2, 0.25) is 0 Å². The van der Waals surface area contributed by atoms with Gasteiger partial charge in [0.15, 0.2) is 5.78 Å². The largest absolute Gasteiger partial charge is 0.378 e. The third-order valence-electron chi connectivity index (χ3n) is 2.10. The van der Waals surface area contributed by atoms with Crippen LogP contribution in [0.1, 0.15) is 10.5 Å². The number of nitrogens with one attached hydrogen (secondary N) is 2. The number of H-pyrrole nitrogens is 1. The Hall–Kier alpha value is -1.13. The molecule has 1 aliphatic rings. The number of rotatable bonds is 2.